The van der Waals surface area contributed by atoms with Crippen LogP contribution in [-0.2, 0) is 19.8 Å². The van der Waals surface area contributed by atoms with Crippen molar-refractivity contribution in [1.29, 1.82) is 0 Å². The van der Waals surface area contributed by atoms with Crippen LogP contribution in [0.1, 0.15) is 5.82 Å². The van der Waals surface area contributed by atoms with Crippen LogP contribution in [0.25, 0.3) is 11.0 Å². The lowest BCUT2D eigenvalue weighted by Crippen LogP contribution is -2.02. The van der Waals surface area contributed by atoms with E-state index >= 15 is 0 Å². The zero-order valence-corrected chi connectivity index (χ0v) is 11.3. The number of aromatic nitrogens is 7. The number of nitrogens with two attached hydrogens (primary N) is 1. The van der Waals surface area contributed by atoms with Crippen LogP contribution in [-0.4, -0.2) is 34.5 Å². The van der Waals surface area contributed by atoms with E-state index in [-0.39, 0.29) is 0 Å². The fourth-order valence-electron chi connectivity index (χ4n) is 1.70. The molecule has 0 amide bonds. The quantitative estimate of drug-likeness (QED) is 0.689. The van der Waals surface area contributed by atoms with E-state index in [1.807, 2.05) is 14.1 Å². The largest absolute Gasteiger partial charge is 0.383 e. The number of hydrogen-bond donors (Lipinski definition) is 1. The molecule has 0 saturated heterocycles. The molecule has 98 valence electrons. The maximum atomic E-state index is 5.90. The van der Waals surface area contributed by atoms with E-state index in [1.54, 1.807) is 15.6 Å². The summed E-state index contributed by atoms with van der Waals surface area (Å²) >= 11 is 1.51. The van der Waals surface area contributed by atoms with Crippen molar-refractivity contribution in [2.75, 3.05) is 5.73 Å². The van der Waals surface area contributed by atoms with Gasteiger partial charge >= 0.3 is 0 Å². The average molecular weight is 276 g/mol. The van der Waals surface area contributed by atoms with E-state index in [2.05, 4.69) is 25.1 Å². The summed E-state index contributed by atoms with van der Waals surface area (Å²) in [6.07, 6.45) is 3.19. The fourth-order valence-corrected chi connectivity index (χ4v) is 2.44. The second-order valence-corrected chi connectivity index (χ2v) is 4.93. The highest BCUT2D eigenvalue weighted by Crippen LogP contribution is 2.21. The molecule has 3 heterocycles. The third-order valence-corrected chi connectivity index (χ3v) is 3.70. The molecule has 0 aliphatic carbocycles. The van der Waals surface area contributed by atoms with Gasteiger partial charge in [0.15, 0.2) is 10.8 Å². The lowest BCUT2D eigenvalue weighted by atomic mass is 10.4. The summed E-state index contributed by atoms with van der Waals surface area (Å²) in [5, 5.41) is 9.72. The first-order valence-electron chi connectivity index (χ1n) is 5.56. The third kappa shape index (κ3) is 2.12. The van der Waals surface area contributed by atoms with Gasteiger partial charge in [-0.3, -0.25) is 4.68 Å². The maximum absolute atomic E-state index is 5.90. The van der Waals surface area contributed by atoms with Gasteiger partial charge in [-0.1, -0.05) is 11.8 Å². The van der Waals surface area contributed by atoms with Gasteiger partial charge in [-0.2, -0.15) is 10.2 Å². The van der Waals surface area contributed by atoms with Gasteiger partial charge in [0.05, 0.1) is 17.3 Å². The Labute approximate surface area is 113 Å². The van der Waals surface area contributed by atoms with Crippen molar-refractivity contribution < 1.29 is 0 Å². The number of nitrogens with zero attached hydrogens (tertiary/aromatic N) is 7. The van der Waals surface area contributed by atoms with Crippen molar-refractivity contribution in [3.8, 4) is 0 Å². The molecule has 0 unspecified atom stereocenters. The van der Waals surface area contributed by atoms with Gasteiger partial charge < -0.3 is 5.73 Å². The first-order valence-corrected chi connectivity index (χ1v) is 6.54. The zero-order valence-electron chi connectivity index (χ0n) is 10.5. The molecule has 0 spiro atoms. The zero-order chi connectivity index (χ0) is 13.4. The number of nitrogen functional groups attached to an aromatic ring is 1. The van der Waals surface area contributed by atoms with Crippen LogP contribution in [0.4, 0.5) is 5.82 Å². The van der Waals surface area contributed by atoms with E-state index in [9.17, 15) is 0 Å². The van der Waals surface area contributed by atoms with Crippen LogP contribution >= 0.6 is 11.8 Å². The summed E-state index contributed by atoms with van der Waals surface area (Å²) in [6.45, 7) is 0. The number of rotatable bonds is 3. The molecular weight excluding hydrogens is 264 g/mol. The van der Waals surface area contributed by atoms with Crippen LogP contribution in [0.2, 0.25) is 0 Å². The normalized spacial score (nSPS) is 11.3. The van der Waals surface area contributed by atoms with E-state index in [4.69, 9.17) is 5.73 Å². The lowest BCUT2D eigenvalue weighted by Gasteiger charge is -2.03. The van der Waals surface area contributed by atoms with E-state index in [0.29, 0.717) is 17.4 Å². The second kappa shape index (κ2) is 4.50. The molecular formula is C10H12N8S. The van der Waals surface area contributed by atoms with Crippen molar-refractivity contribution in [3.05, 3.63) is 18.3 Å². The van der Waals surface area contributed by atoms with Gasteiger partial charge in [0.1, 0.15) is 18.0 Å². The van der Waals surface area contributed by atoms with Gasteiger partial charge in [0.25, 0.3) is 0 Å². The molecule has 0 aromatic carbocycles. The highest BCUT2D eigenvalue weighted by Gasteiger charge is 2.10. The van der Waals surface area contributed by atoms with Crippen LogP contribution in [0.15, 0.2) is 17.7 Å². The van der Waals surface area contributed by atoms with Gasteiger partial charge in [0, 0.05) is 14.1 Å². The molecule has 3 rings (SSSR count). The van der Waals surface area contributed by atoms with Crippen LogP contribution < -0.4 is 5.73 Å². The predicted octanol–water partition coefficient (Wildman–Crippen LogP) is 0.366. The minimum atomic E-state index is 0.451. The maximum Gasteiger partial charge on any atom is 0.186 e. The van der Waals surface area contributed by atoms with Crippen molar-refractivity contribution in [2.45, 2.75) is 10.9 Å². The lowest BCUT2D eigenvalue weighted by molar-refractivity contribution is 0.685. The van der Waals surface area contributed by atoms with Crippen molar-refractivity contribution in [3.63, 3.8) is 0 Å². The molecule has 2 N–H and O–H groups in total. The van der Waals surface area contributed by atoms with E-state index in [0.717, 1.165) is 16.2 Å². The first-order chi connectivity index (χ1) is 9.15. The molecule has 0 fully saturated rings. The Hall–Kier alpha value is -2.16. The van der Waals surface area contributed by atoms with E-state index in [1.165, 1.54) is 18.1 Å². The Balaban J connectivity index is 1.89. The van der Waals surface area contributed by atoms with Gasteiger partial charge in [-0.25, -0.2) is 19.6 Å². The molecule has 3 aromatic rings. The molecule has 0 atom stereocenters. The van der Waals surface area contributed by atoms with Crippen LogP contribution in [0.5, 0.6) is 0 Å². The van der Waals surface area contributed by atoms with Crippen molar-refractivity contribution in [2.24, 2.45) is 14.1 Å². The topological polar surface area (TPSA) is 100 Å². The van der Waals surface area contributed by atoms with Gasteiger partial charge in [-0.05, 0) is 0 Å². The number of anilines is 1. The SMILES string of the molecule is Cn1ncnc1SCc1nc(N)c2cnn(C)c2n1. The monoisotopic (exact) mass is 276 g/mol. The predicted molar refractivity (Wildman–Crippen MR) is 71.3 cm³/mol. The van der Waals surface area contributed by atoms with Crippen LogP contribution in [0.3, 0.4) is 0 Å². The Kier molecular flexibility index (Phi) is 2.82. The molecule has 0 aliphatic heterocycles. The van der Waals surface area contributed by atoms with Crippen molar-refractivity contribution in [1.82, 2.24) is 34.5 Å². The highest BCUT2D eigenvalue weighted by atomic mass is 32.2. The molecule has 0 bridgehead atoms. The third-order valence-electron chi connectivity index (χ3n) is 2.67. The number of hydrogen-bond acceptors (Lipinski definition) is 7. The smallest absolute Gasteiger partial charge is 0.186 e. The Morgan fingerprint density at radius 3 is 2.79 bits per heavy atom. The fraction of sp³-hybridized carbons (Fsp3) is 0.300. The molecule has 8 nitrogen and oxygen atoms in total. The average Bonchev–Trinajstić information content (AvgIpc) is 2.95. The molecule has 19 heavy (non-hydrogen) atoms. The molecule has 0 aliphatic rings. The molecule has 0 radical (unpaired) electrons. The summed E-state index contributed by atoms with van der Waals surface area (Å²) in [5.41, 5.74) is 6.64. The number of fused-ring (bicyclic) bond motifs is 1. The summed E-state index contributed by atoms with van der Waals surface area (Å²) in [6, 6.07) is 0. The summed E-state index contributed by atoms with van der Waals surface area (Å²) in [5.74, 6) is 1.69. The van der Waals surface area contributed by atoms with Gasteiger partial charge in [-0.15, -0.1) is 0 Å². The number of aryl methyl sites for hydroxylation is 2. The molecule has 3 aromatic heterocycles. The minimum absolute atomic E-state index is 0.451. The Morgan fingerprint density at radius 1 is 1.21 bits per heavy atom. The summed E-state index contributed by atoms with van der Waals surface area (Å²) in [4.78, 5) is 12.9. The summed E-state index contributed by atoms with van der Waals surface area (Å²) in [7, 11) is 3.67. The van der Waals surface area contributed by atoms with Crippen LogP contribution in [0, 0.1) is 0 Å². The summed E-state index contributed by atoms with van der Waals surface area (Å²) < 4.78 is 3.39. The molecule has 0 saturated carbocycles. The van der Waals surface area contributed by atoms with E-state index < -0.39 is 0 Å². The van der Waals surface area contributed by atoms with Crippen molar-refractivity contribution >= 4 is 28.6 Å². The number of thioether (sulfide) groups is 1. The Bertz CT molecular complexity index is 730. The minimum Gasteiger partial charge on any atom is -0.383 e. The van der Waals surface area contributed by atoms with Gasteiger partial charge in [0.2, 0.25) is 0 Å². The first kappa shape index (κ1) is 11.9. The highest BCUT2D eigenvalue weighted by molar-refractivity contribution is 7.98. The second-order valence-electron chi connectivity index (χ2n) is 3.99. The standard InChI is InChI=1S/C10H12N8S/c1-17-9-6(3-13-17)8(11)15-7(16-9)4-19-10-12-5-14-18(10)2/h3,5H,4H2,1-2H3,(H2,11,15,16). The molecule has 9 heteroatoms. The Morgan fingerprint density at radius 2 is 2.05 bits per heavy atom.